The van der Waals surface area contributed by atoms with Gasteiger partial charge in [-0.25, -0.2) is 0 Å². The van der Waals surface area contributed by atoms with Crippen LogP contribution in [0.5, 0.6) is 0 Å². The molecular weight excluding hydrogens is 256 g/mol. The molecule has 1 aromatic carbocycles. The monoisotopic (exact) mass is 272 g/mol. The van der Waals surface area contributed by atoms with E-state index in [1.54, 1.807) is 0 Å². The van der Waals surface area contributed by atoms with E-state index in [1.807, 2.05) is 25.4 Å². The van der Waals surface area contributed by atoms with Gasteiger partial charge < -0.3 is 0 Å². The fourth-order valence-corrected chi connectivity index (χ4v) is 3.30. The molecule has 0 spiro atoms. The lowest BCUT2D eigenvalue weighted by molar-refractivity contribution is 0.969. The molecule has 0 fully saturated rings. The Morgan fingerprint density at radius 3 is 2.57 bits per heavy atom. The summed E-state index contributed by atoms with van der Waals surface area (Å²) in [4.78, 5) is 9.02. The van der Waals surface area contributed by atoms with Crippen LogP contribution >= 0.6 is 0 Å². The molecule has 102 valence electrons. The number of nitrogens with zero attached hydrogens (tertiary/aromatic N) is 2. The Kier molecular flexibility index (Phi) is 2.64. The number of hydrogen-bond donors (Lipinski definition) is 0. The molecule has 3 aromatic rings. The van der Waals surface area contributed by atoms with Crippen molar-refractivity contribution in [1.82, 2.24) is 9.97 Å². The third-order valence-electron chi connectivity index (χ3n) is 4.27. The van der Waals surface area contributed by atoms with E-state index in [2.05, 4.69) is 53.3 Å². The van der Waals surface area contributed by atoms with Crippen LogP contribution in [-0.4, -0.2) is 9.97 Å². The van der Waals surface area contributed by atoms with Gasteiger partial charge in [-0.1, -0.05) is 30.3 Å². The Balaban J connectivity index is 2.03. The normalized spacial score (nSPS) is 15.6. The SMILES string of the molecule is Cc1cc(C2c3ccccc3-c3ncccc32)c(C)cn1. The molecule has 1 atom stereocenters. The van der Waals surface area contributed by atoms with Crippen molar-refractivity contribution in [3.8, 4) is 11.3 Å². The van der Waals surface area contributed by atoms with Crippen molar-refractivity contribution in [2.24, 2.45) is 0 Å². The van der Waals surface area contributed by atoms with Crippen molar-refractivity contribution in [2.45, 2.75) is 19.8 Å². The van der Waals surface area contributed by atoms with Gasteiger partial charge in [0.25, 0.3) is 0 Å². The second kappa shape index (κ2) is 4.52. The van der Waals surface area contributed by atoms with Crippen LogP contribution in [0.2, 0.25) is 0 Å². The van der Waals surface area contributed by atoms with Gasteiger partial charge in [-0.3, -0.25) is 9.97 Å². The van der Waals surface area contributed by atoms with Gasteiger partial charge in [-0.2, -0.15) is 0 Å². The molecule has 0 aliphatic heterocycles. The maximum absolute atomic E-state index is 4.61. The average molecular weight is 272 g/mol. The second-order valence-corrected chi connectivity index (χ2v) is 5.64. The Labute approximate surface area is 124 Å². The number of pyridine rings is 2. The third-order valence-corrected chi connectivity index (χ3v) is 4.27. The lowest BCUT2D eigenvalue weighted by Crippen LogP contribution is -2.03. The van der Waals surface area contributed by atoms with Gasteiger partial charge in [-0.05, 0) is 48.2 Å². The summed E-state index contributed by atoms with van der Waals surface area (Å²) in [6, 6.07) is 15.0. The van der Waals surface area contributed by atoms with Gasteiger partial charge in [0.2, 0.25) is 0 Å². The first-order chi connectivity index (χ1) is 10.3. The molecule has 4 rings (SSSR count). The summed E-state index contributed by atoms with van der Waals surface area (Å²) >= 11 is 0. The molecule has 0 bridgehead atoms. The number of fused-ring (bicyclic) bond motifs is 3. The van der Waals surface area contributed by atoms with E-state index >= 15 is 0 Å². The highest BCUT2D eigenvalue weighted by Crippen LogP contribution is 2.47. The molecule has 1 aliphatic rings. The topological polar surface area (TPSA) is 25.8 Å². The first-order valence-electron chi connectivity index (χ1n) is 7.23. The maximum Gasteiger partial charge on any atom is 0.0746 e. The van der Waals surface area contributed by atoms with E-state index in [4.69, 9.17) is 0 Å². The van der Waals surface area contributed by atoms with Crippen LogP contribution in [0.4, 0.5) is 0 Å². The van der Waals surface area contributed by atoms with Gasteiger partial charge in [0.15, 0.2) is 0 Å². The molecule has 0 saturated carbocycles. The molecule has 0 amide bonds. The average Bonchev–Trinajstić information content (AvgIpc) is 2.84. The smallest absolute Gasteiger partial charge is 0.0746 e. The molecule has 21 heavy (non-hydrogen) atoms. The summed E-state index contributed by atoms with van der Waals surface area (Å²) in [5, 5.41) is 0. The van der Waals surface area contributed by atoms with Crippen LogP contribution in [0, 0.1) is 13.8 Å². The Hall–Kier alpha value is -2.48. The Morgan fingerprint density at radius 2 is 1.67 bits per heavy atom. The van der Waals surface area contributed by atoms with Crippen molar-refractivity contribution in [1.29, 1.82) is 0 Å². The fourth-order valence-electron chi connectivity index (χ4n) is 3.30. The number of benzene rings is 1. The van der Waals surface area contributed by atoms with E-state index < -0.39 is 0 Å². The Morgan fingerprint density at radius 1 is 0.857 bits per heavy atom. The van der Waals surface area contributed by atoms with Gasteiger partial charge in [0.1, 0.15) is 0 Å². The zero-order chi connectivity index (χ0) is 14.4. The number of aromatic nitrogens is 2. The van der Waals surface area contributed by atoms with Crippen LogP contribution < -0.4 is 0 Å². The van der Waals surface area contributed by atoms with Gasteiger partial charge in [0.05, 0.1) is 5.69 Å². The third kappa shape index (κ3) is 1.79. The highest BCUT2D eigenvalue weighted by molar-refractivity contribution is 5.77. The van der Waals surface area contributed by atoms with Crippen molar-refractivity contribution in [3.63, 3.8) is 0 Å². The number of aryl methyl sites for hydroxylation is 2. The number of rotatable bonds is 1. The second-order valence-electron chi connectivity index (χ2n) is 5.64. The largest absolute Gasteiger partial charge is 0.261 e. The zero-order valence-corrected chi connectivity index (χ0v) is 12.2. The summed E-state index contributed by atoms with van der Waals surface area (Å²) in [7, 11) is 0. The van der Waals surface area contributed by atoms with Crippen molar-refractivity contribution in [3.05, 3.63) is 82.8 Å². The molecule has 0 N–H and O–H groups in total. The van der Waals surface area contributed by atoms with Gasteiger partial charge in [0, 0.05) is 29.6 Å². The molecule has 2 aromatic heterocycles. The fraction of sp³-hybridized carbons (Fsp3) is 0.158. The predicted octanol–water partition coefficient (Wildman–Crippen LogP) is 4.25. The minimum absolute atomic E-state index is 0.270. The molecule has 1 aliphatic carbocycles. The maximum atomic E-state index is 4.61. The lowest BCUT2D eigenvalue weighted by atomic mass is 9.87. The molecule has 2 nitrogen and oxygen atoms in total. The summed E-state index contributed by atoms with van der Waals surface area (Å²) in [6.45, 7) is 4.19. The van der Waals surface area contributed by atoms with E-state index in [0.717, 1.165) is 11.4 Å². The standard InChI is InChI=1S/C19H16N2/c1-12-11-21-13(2)10-17(12)18-14-6-3-4-7-15(14)19-16(18)8-5-9-20-19/h3-11,18H,1-2H3. The molecule has 2 heterocycles. The molecule has 0 radical (unpaired) electrons. The Bertz CT molecular complexity index is 791. The van der Waals surface area contributed by atoms with Crippen molar-refractivity contribution in [2.75, 3.05) is 0 Å². The summed E-state index contributed by atoms with van der Waals surface area (Å²) in [5.41, 5.74) is 8.65. The van der Waals surface area contributed by atoms with E-state index in [9.17, 15) is 0 Å². The predicted molar refractivity (Wildman–Crippen MR) is 84.3 cm³/mol. The van der Waals surface area contributed by atoms with Crippen LogP contribution in [-0.2, 0) is 0 Å². The zero-order valence-electron chi connectivity index (χ0n) is 12.2. The van der Waals surface area contributed by atoms with E-state index in [-0.39, 0.29) is 5.92 Å². The highest BCUT2D eigenvalue weighted by atomic mass is 14.7. The minimum atomic E-state index is 0.270. The van der Waals surface area contributed by atoms with Crippen LogP contribution in [0.3, 0.4) is 0 Å². The number of hydrogen-bond acceptors (Lipinski definition) is 2. The quantitative estimate of drug-likeness (QED) is 0.517. The molecular formula is C19H16N2. The first-order valence-corrected chi connectivity index (χ1v) is 7.23. The summed E-state index contributed by atoms with van der Waals surface area (Å²) in [5.74, 6) is 0.270. The van der Waals surface area contributed by atoms with Crippen LogP contribution in [0.1, 0.15) is 33.9 Å². The highest BCUT2D eigenvalue weighted by Gasteiger charge is 2.31. The van der Waals surface area contributed by atoms with Crippen molar-refractivity contribution < 1.29 is 0 Å². The molecule has 0 saturated heterocycles. The van der Waals surface area contributed by atoms with Crippen LogP contribution in [0.15, 0.2) is 54.9 Å². The summed E-state index contributed by atoms with van der Waals surface area (Å²) in [6.07, 6.45) is 3.85. The minimum Gasteiger partial charge on any atom is -0.261 e. The summed E-state index contributed by atoms with van der Waals surface area (Å²) < 4.78 is 0. The molecule has 1 unspecified atom stereocenters. The molecule has 2 heteroatoms. The van der Waals surface area contributed by atoms with Crippen LogP contribution in [0.25, 0.3) is 11.3 Å². The first kappa shape index (κ1) is 12.3. The van der Waals surface area contributed by atoms with Gasteiger partial charge >= 0.3 is 0 Å². The van der Waals surface area contributed by atoms with E-state index in [0.29, 0.717) is 0 Å². The van der Waals surface area contributed by atoms with E-state index in [1.165, 1.54) is 27.8 Å². The van der Waals surface area contributed by atoms with Gasteiger partial charge in [-0.15, -0.1) is 0 Å². The van der Waals surface area contributed by atoms with Crippen molar-refractivity contribution >= 4 is 0 Å². The lowest BCUT2D eigenvalue weighted by Gasteiger charge is -2.16.